The van der Waals surface area contributed by atoms with Crippen molar-refractivity contribution in [1.29, 1.82) is 0 Å². The number of hydrogen-bond acceptors (Lipinski definition) is 0. The second-order valence-corrected chi connectivity index (χ2v) is 6.75. The fourth-order valence-corrected chi connectivity index (χ4v) is 3.58. The van der Waals surface area contributed by atoms with E-state index in [9.17, 15) is 0 Å². The van der Waals surface area contributed by atoms with E-state index in [1.807, 2.05) is 6.92 Å². The van der Waals surface area contributed by atoms with Crippen LogP contribution in [0.25, 0.3) is 0 Å². The average Bonchev–Trinajstić information content (AvgIpc) is 2.43. The number of rotatable bonds is 11. The van der Waals surface area contributed by atoms with Gasteiger partial charge in [-0.05, 0) is 49.9 Å². The molecule has 0 heterocycles. The fraction of sp³-hybridized carbons (Fsp3) is 0.900. The molecule has 0 rings (SSSR count). The molecule has 0 spiro atoms. The topological polar surface area (TPSA) is 0 Å². The zero-order valence-corrected chi connectivity index (χ0v) is 15.0. The Balaban J connectivity index is 4.26. The lowest BCUT2D eigenvalue weighted by molar-refractivity contribution is 0.242. The van der Waals surface area contributed by atoms with Crippen molar-refractivity contribution in [2.24, 2.45) is 23.7 Å². The molecule has 0 aromatic rings. The molecule has 0 saturated carbocycles. The van der Waals surface area contributed by atoms with Gasteiger partial charge in [0.25, 0.3) is 0 Å². The van der Waals surface area contributed by atoms with Crippen LogP contribution in [0.5, 0.6) is 0 Å². The summed E-state index contributed by atoms with van der Waals surface area (Å²) in [5.41, 5.74) is 0. The maximum atomic E-state index is 3.25. The van der Waals surface area contributed by atoms with Gasteiger partial charge in [-0.1, -0.05) is 60.3 Å². The Morgan fingerprint density at radius 2 is 1.55 bits per heavy atom. The summed E-state index contributed by atoms with van der Waals surface area (Å²) in [5.74, 6) is 9.84. The van der Waals surface area contributed by atoms with Crippen molar-refractivity contribution in [1.82, 2.24) is 0 Å². The third-order valence-corrected chi connectivity index (χ3v) is 4.95. The van der Waals surface area contributed by atoms with Gasteiger partial charge in [0, 0.05) is 6.42 Å². The van der Waals surface area contributed by atoms with Gasteiger partial charge >= 0.3 is 0 Å². The van der Waals surface area contributed by atoms with Crippen LogP contribution in [0.1, 0.15) is 92.9 Å². The Morgan fingerprint density at radius 3 is 2.05 bits per heavy atom. The Bertz CT molecular complexity index is 263. The van der Waals surface area contributed by atoms with Crippen molar-refractivity contribution < 1.29 is 0 Å². The summed E-state index contributed by atoms with van der Waals surface area (Å²) < 4.78 is 0. The lowest BCUT2D eigenvalue weighted by Crippen LogP contribution is -2.16. The monoisotopic (exact) mass is 278 g/mol. The van der Waals surface area contributed by atoms with Gasteiger partial charge in [-0.15, -0.1) is 11.8 Å². The van der Waals surface area contributed by atoms with Crippen molar-refractivity contribution in [2.75, 3.05) is 0 Å². The van der Waals surface area contributed by atoms with Crippen LogP contribution in [0.15, 0.2) is 0 Å². The molecular weight excluding hydrogens is 240 g/mol. The molecule has 0 radical (unpaired) electrons. The highest BCUT2D eigenvalue weighted by molar-refractivity contribution is 4.95. The van der Waals surface area contributed by atoms with E-state index >= 15 is 0 Å². The average molecular weight is 279 g/mol. The first-order valence-electron chi connectivity index (χ1n) is 8.98. The summed E-state index contributed by atoms with van der Waals surface area (Å²) >= 11 is 0. The summed E-state index contributed by atoms with van der Waals surface area (Å²) in [7, 11) is 0. The Kier molecular flexibility index (Phi) is 12.0. The molecule has 3 atom stereocenters. The van der Waals surface area contributed by atoms with Crippen LogP contribution < -0.4 is 0 Å². The fourth-order valence-electron chi connectivity index (χ4n) is 3.58. The largest absolute Gasteiger partial charge is 0.107 e. The molecule has 0 aliphatic rings. The summed E-state index contributed by atoms with van der Waals surface area (Å²) in [6, 6.07) is 0. The summed E-state index contributed by atoms with van der Waals surface area (Å²) in [5, 5.41) is 0. The molecule has 0 fully saturated rings. The van der Waals surface area contributed by atoms with Crippen molar-refractivity contribution in [3.8, 4) is 11.8 Å². The van der Waals surface area contributed by atoms with Crippen LogP contribution in [0, 0.1) is 35.5 Å². The van der Waals surface area contributed by atoms with Gasteiger partial charge in [0.1, 0.15) is 0 Å². The summed E-state index contributed by atoms with van der Waals surface area (Å²) in [4.78, 5) is 0. The van der Waals surface area contributed by atoms with E-state index in [1.54, 1.807) is 0 Å². The molecule has 0 bridgehead atoms. The molecule has 0 N–H and O–H groups in total. The van der Waals surface area contributed by atoms with Crippen molar-refractivity contribution >= 4 is 0 Å². The van der Waals surface area contributed by atoms with Crippen molar-refractivity contribution in [3.63, 3.8) is 0 Å². The maximum absolute atomic E-state index is 3.25. The molecule has 20 heavy (non-hydrogen) atoms. The molecule has 0 saturated heterocycles. The Labute approximate surface area is 129 Å². The van der Waals surface area contributed by atoms with E-state index in [2.05, 4.69) is 46.5 Å². The molecule has 0 aliphatic carbocycles. The van der Waals surface area contributed by atoms with E-state index in [-0.39, 0.29) is 0 Å². The molecule has 0 amide bonds. The SMILES string of the molecule is CC#CCCC(CCC)C(C)CC(C)CC(CC)CC. The predicted octanol–water partition coefficient (Wildman–Crippen LogP) is 6.69. The van der Waals surface area contributed by atoms with Crippen LogP contribution >= 0.6 is 0 Å². The van der Waals surface area contributed by atoms with Gasteiger partial charge in [0.05, 0.1) is 0 Å². The quantitative estimate of drug-likeness (QED) is 0.369. The second kappa shape index (κ2) is 12.3. The van der Waals surface area contributed by atoms with Gasteiger partial charge in [-0.2, -0.15) is 0 Å². The normalized spacial score (nSPS) is 15.6. The smallest absolute Gasteiger partial charge is 0.00913 e. The van der Waals surface area contributed by atoms with Gasteiger partial charge in [0.2, 0.25) is 0 Å². The second-order valence-electron chi connectivity index (χ2n) is 6.75. The predicted molar refractivity (Wildman–Crippen MR) is 92.7 cm³/mol. The van der Waals surface area contributed by atoms with Crippen LogP contribution in [0.3, 0.4) is 0 Å². The standard InChI is InChI=1S/C20H38/c1-7-11-12-14-20(13-8-2)18(6)15-17(5)16-19(9-3)10-4/h17-20H,8-10,12-16H2,1-6H3. The van der Waals surface area contributed by atoms with Crippen LogP contribution in [-0.2, 0) is 0 Å². The van der Waals surface area contributed by atoms with Gasteiger partial charge < -0.3 is 0 Å². The van der Waals surface area contributed by atoms with Gasteiger partial charge in [-0.3, -0.25) is 0 Å². The molecule has 0 aromatic heterocycles. The van der Waals surface area contributed by atoms with Gasteiger partial charge in [0.15, 0.2) is 0 Å². The van der Waals surface area contributed by atoms with Crippen molar-refractivity contribution in [3.05, 3.63) is 0 Å². The molecule has 0 heteroatoms. The Morgan fingerprint density at radius 1 is 0.900 bits per heavy atom. The number of hydrogen-bond donors (Lipinski definition) is 0. The maximum Gasteiger partial charge on any atom is 0.00913 e. The first kappa shape index (κ1) is 19.6. The highest BCUT2D eigenvalue weighted by Gasteiger charge is 2.19. The van der Waals surface area contributed by atoms with Crippen LogP contribution in [0.4, 0.5) is 0 Å². The van der Waals surface area contributed by atoms with E-state index < -0.39 is 0 Å². The van der Waals surface area contributed by atoms with Crippen LogP contribution in [-0.4, -0.2) is 0 Å². The van der Waals surface area contributed by atoms with E-state index in [4.69, 9.17) is 0 Å². The molecular formula is C20H38. The highest BCUT2D eigenvalue weighted by atomic mass is 14.2. The lowest BCUT2D eigenvalue weighted by atomic mass is 9.78. The minimum absolute atomic E-state index is 0.859. The summed E-state index contributed by atoms with van der Waals surface area (Å²) in [6.45, 7) is 13.9. The van der Waals surface area contributed by atoms with E-state index in [0.29, 0.717) is 0 Å². The van der Waals surface area contributed by atoms with Gasteiger partial charge in [-0.25, -0.2) is 0 Å². The third kappa shape index (κ3) is 8.68. The molecule has 0 aromatic carbocycles. The molecule has 0 nitrogen and oxygen atoms in total. The first-order chi connectivity index (χ1) is 9.58. The third-order valence-electron chi connectivity index (χ3n) is 4.95. The van der Waals surface area contributed by atoms with Crippen molar-refractivity contribution in [2.45, 2.75) is 92.9 Å². The van der Waals surface area contributed by atoms with E-state index in [0.717, 1.165) is 30.1 Å². The first-order valence-corrected chi connectivity index (χ1v) is 8.98. The molecule has 3 unspecified atom stereocenters. The lowest BCUT2D eigenvalue weighted by Gasteiger charge is -2.27. The van der Waals surface area contributed by atoms with Crippen LogP contribution in [0.2, 0.25) is 0 Å². The van der Waals surface area contributed by atoms with E-state index in [1.165, 1.54) is 44.9 Å². The minimum Gasteiger partial charge on any atom is -0.107 e. The highest BCUT2D eigenvalue weighted by Crippen LogP contribution is 2.31. The minimum atomic E-state index is 0.859. The zero-order chi connectivity index (χ0) is 15.4. The molecule has 0 aliphatic heterocycles. The summed E-state index contributed by atoms with van der Waals surface area (Å²) in [6.07, 6.45) is 10.6. The zero-order valence-electron chi connectivity index (χ0n) is 15.0. The molecule has 118 valence electrons. The Hall–Kier alpha value is -0.440.